The van der Waals surface area contributed by atoms with E-state index in [2.05, 4.69) is 67.6 Å². The lowest BCUT2D eigenvalue weighted by Gasteiger charge is -2.21. The van der Waals surface area contributed by atoms with Crippen LogP contribution in [0.4, 0.5) is 11.4 Å². The van der Waals surface area contributed by atoms with Gasteiger partial charge in [0.1, 0.15) is 6.04 Å². The second-order valence-corrected chi connectivity index (χ2v) is 8.52. The molecule has 0 bridgehead atoms. The highest BCUT2D eigenvalue weighted by molar-refractivity contribution is 5.99. The van der Waals surface area contributed by atoms with Crippen LogP contribution in [0.25, 0.3) is 5.57 Å². The number of nitrogens with zero attached hydrogens (tertiary/aromatic N) is 2. The van der Waals surface area contributed by atoms with Crippen molar-refractivity contribution >= 4 is 22.9 Å². The van der Waals surface area contributed by atoms with Gasteiger partial charge < -0.3 is 19.8 Å². The molecule has 5 nitrogen and oxygen atoms in total. The zero-order valence-electron chi connectivity index (χ0n) is 19.2. The highest BCUT2D eigenvalue weighted by Crippen LogP contribution is 2.34. The Kier molecular flexibility index (Phi) is 6.66. The summed E-state index contributed by atoms with van der Waals surface area (Å²) in [5.74, 6) is -0.930. The van der Waals surface area contributed by atoms with E-state index < -0.39 is 5.97 Å². The van der Waals surface area contributed by atoms with E-state index in [9.17, 15) is 9.90 Å². The average molecular weight is 419 g/mol. The molecular formula is C26H32N3O2+. The predicted octanol–water partition coefficient (Wildman–Crippen LogP) is 2.96. The topological polar surface area (TPSA) is 48.2 Å². The van der Waals surface area contributed by atoms with Crippen LogP contribution in [0.2, 0.25) is 0 Å². The second kappa shape index (κ2) is 9.23. The highest BCUT2D eigenvalue weighted by atomic mass is 16.4. The fourth-order valence-corrected chi connectivity index (χ4v) is 3.70. The molecule has 0 amide bonds. The first-order valence-corrected chi connectivity index (χ1v) is 10.4. The third-order valence-electron chi connectivity index (χ3n) is 5.61. The maximum Gasteiger partial charge on any atom is 0.336 e. The molecule has 31 heavy (non-hydrogen) atoms. The normalized spacial score (nSPS) is 15.3. The molecule has 0 unspecified atom stereocenters. The summed E-state index contributed by atoms with van der Waals surface area (Å²) in [7, 11) is 12.1. The van der Waals surface area contributed by atoms with Crippen LogP contribution in [0, 0.1) is 0 Å². The molecule has 0 atom stereocenters. The molecule has 0 fully saturated rings. The van der Waals surface area contributed by atoms with Gasteiger partial charge in [0.15, 0.2) is 0 Å². The Balaban J connectivity index is 2.23. The number of carboxylic acid groups (broad SMARTS) is 1. The minimum absolute atomic E-state index is 0.299. The van der Waals surface area contributed by atoms with Gasteiger partial charge in [0, 0.05) is 39.6 Å². The molecule has 0 spiro atoms. The summed E-state index contributed by atoms with van der Waals surface area (Å²) in [5.41, 5.74) is 5.90. The van der Waals surface area contributed by atoms with E-state index in [1.165, 1.54) is 4.90 Å². The number of quaternary nitrogens is 1. The van der Waals surface area contributed by atoms with E-state index >= 15 is 0 Å². The molecule has 2 aromatic rings. The summed E-state index contributed by atoms with van der Waals surface area (Å²) >= 11 is 0. The Bertz CT molecular complexity index is 1030. The monoisotopic (exact) mass is 418 g/mol. The second-order valence-electron chi connectivity index (χ2n) is 8.52. The third kappa shape index (κ3) is 4.89. The molecule has 5 heteroatoms. The minimum atomic E-state index is -0.930. The summed E-state index contributed by atoms with van der Waals surface area (Å²) in [6, 6.07) is 14.2. The number of rotatable bonds is 6. The number of likely N-dealkylation sites (N-methyl/N-ethyl adjacent to an activating group) is 1. The van der Waals surface area contributed by atoms with Crippen molar-refractivity contribution in [1.29, 1.82) is 0 Å². The quantitative estimate of drug-likeness (QED) is 0.757. The van der Waals surface area contributed by atoms with Crippen molar-refractivity contribution in [2.75, 3.05) is 52.1 Å². The minimum Gasteiger partial charge on any atom is -0.478 e. The van der Waals surface area contributed by atoms with Crippen molar-refractivity contribution < 1.29 is 14.8 Å². The van der Waals surface area contributed by atoms with Crippen LogP contribution in [0.3, 0.4) is 0 Å². The Morgan fingerprint density at radius 1 is 0.839 bits per heavy atom. The van der Waals surface area contributed by atoms with Crippen LogP contribution in [-0.4, -0.2) is 59.4 Å². The average Bonchev–Trinajstić information content (AvgIpc) is 2.74. The lowest BCUT2D eigenvalue weighted by Crippen LogP contribution is -3.09. The molecule has 0 radical (unpaired) electrons. The smallest absolute Gasteiger partial charge is 0.336 e. The first-order chi connectivity index (χ1) is 14.7. The fraction of sp³-hybridized carbons (Fsp3) is 0.269. The number of benzene rings is 2. The number of carbonyl (C=O) groups is 1. The molecule has 1 aliphatic carbocycles. The molecule has 0 heterocycles. The van der Waals surface area contributed by atoms with Gasteiger partial charge in [-0.15, -0.1) is 0 Å². The van der Waals surface area contributed by atoms with E-state index in [1.54, 1.807) is 6.07 Å². The number of aromatic carboxylic acids is 1. The van der Waals surface area contributed by atoms with Crippen molar-refractivity contribution in [3.05, 3.63) is 89.0 Å². The van der Waals surface area contributed by atoms with E-state index in [-0.39, 0.29) is 0 Å². The van der Waals surface area contributed by atoms with Gasteiger partial charge in [0.2, 0.25) is 0 Å². The first-order valence-electron chi connectivity index (χ1n) is 10.4. The summed E-state index contributed by atoms with van der Waals surface area (Å²) in [6.07, 6.45) is 8.57. The number of hydrogen-bond donors (Lipinski definition) is 2. The molecule has 1 aliphatic rings. The molecule has 0 saturated heterocycles. The summed E-state index contributed by atoms with van der Waals surface area (Å²) in [4.78, 5) is 17.5. The van der Waals surface area contributed by atoms with Crippen molar-refractivity contribution in [3.8, 4) is 0 Å². The summed E-state index contributed by atoms with van der Waals surface area (Å²) in [6.45, 7) is 0. The SMILES string of the molecule is CN(C)c1ccc(C(=C2C=CC([NH+](C)C)C=C2)c2ccc(N(C)C)cc2C(=O)O)cc1. The maximum absolute atomic E-state index is 12.2. The van der Waals surface area contributed by atoms with Crippen LogP contribution < -0.4 is 14.7 Å². The standard InChI is InChI=1S/C26H31N3O2/c1-27(2)20-11-7-18(8-12-20)25(19-9-13-21(14-10-19)28(3)4)23-16-15-22(29(5)6)17-24(23)26(30)31/h7-17,20H,1-6H3,(H,30,31)/p+1. The van der Waals surface area contributed by atoms with Gasteiger partial charge in [-0.25, -0.2) is 4.79 Å². The summed E-state index contributed by atoms with van der Waals surface area (Å²) < 4.78 is 0. The van der Waals surface area contributed by atoms with Crippen LogP contribution in [0.1, 0.15) is 21.5 Å². The van der Waals surface area contributed by atoms with E-state index in [4.69, 9.17) is 0 Å². The molecule has 0 aliphatic heterocycles. The summed E-state index contributed by atoms with van der Waals surface area (Å²) in [5, 5.41) is 10.0. The number of allylic oxidation sites excluding steroid dienone is 3. The van der Waals surface area contributed by atoms with Gasteiger partial charge in [-0.1, -0.05) is 30.4 Å². The van der Waals surface area contributed by atoms with Crippen molar-refractivity contribution in [1.82, 2.24) is 0 Å². The highest BCUT2D eigenvalue weighted by Gasteiger charge is 2.20. The van der Waals surface area contributed by atoms with Crippen LogP contribution in [0.5, 0.6) is 0 Å². The first kappa shape index (κ1) is 22.4. The van der Waals surface area contributed by atoms with Crippen molar-refractivity contribution in [2.24, 2.45) is 0 Å². The Hall–Kier alpha value is -3.31. The largest absolute Gasteiger partial charge is 0.478 e. The lowest BCUT2D eigenvalue weighted by molar-refractivity contribution is -0.871. The predicted molar refractivity (Wildman–Crippen MR) is 129 cm³/mol. The number of nitrogens with one attached hydrogen (secondary N) is 1. The third-order valence-corrected chi connectivity index (χ3v) is 5.61. The Labute approximate surface area is 185 Å². The van der Waals surface area contributed by atoms with E-state index in [0.717, 1.165) is 33.6 Å². The molecule has 162 valence electrons. The molecular weight excluding hydrogens is 386 g/mol. The van der Waals surface area contributed by atoms with Gasteiger partial charge in [-0.05, 0) is 58.7 Å². The van der Waals surface area contributed by atoms with Crippen molar-refractivity contribution in [2.45, 2.75) is 6.04 Å². The molecule has 3 rings (SSSR count). The zero-order valence-corrected chi connectivity index (χ0v) is 19.2. The van der Waals surface area contributed by atoms with E-state index in [0.29, 0.717) is 11.6 Å². The zero-order chi connectivity index (χ0) is 22.7. The lowest BCUT2D eigenvalue weighted by atomic mass is 9.87. The van der Waals surface area contributed by atoms with Crippen molar-refractivity contribution in [3.63, 3.8) is 0 Å². The molecule has 2 aromatic carbocycles. The Morgan fingerprint density at radius 3 is 1.87 bits per heavy atom. The fourth-order valence-electron chi connectivity index (χ4n) is 3.70. The molecule has 0 aromatic heterocycles. The van der Waals surface area contributed by atoms with Gasteiger partial charge in [0.05, 0.1) is 19.7 Å². The van der Waals surface area contributed by atoms with Gasteiger partial charge in [-0.2, -0.15) is 0 Å². The maximum atomic E-state index is 12.2. The van der Waals surface area contributed by atoms with Gasteiger partial charge in [0.25, 0.3) is 0 Å². The van der Waals surface area contributed by atoms with E-state index in [1.807, 2.05) is 45.2 Å². The Morgan fingerprint density at radius 2 is 1.39 bits per heavy atom. The number of carboxylic acids is 1. The van der Waals surface area contributed by atoms with Crippen LogP contribution >= 0.6 is 0 Å². The number of anilines is 2. The molecule has 0 saturated carbocycles. The van der Waals surface area contributed by atoms with Crippen LogP contribution in [0.15, 0.2) is 72.3 Å². The van der Waals surface area contributed by atoms with Gasteiger partial charge >= 0.3 is 5.97 Å². The van der Waals surface area contributed by atoms with Gasteiger partial charge in [-0.3, -0.25) is 0 Å². The number of hydrogen-bond acceptors (Lipinski definition) is 3. The van der Waals surface area contributed by atoms with Crippen LogP contribution in [-0.2, 0) is 0 Å². The molecule has 2 N–H and O–H groups in total.